The molecule has 2 aromatic heterocycles. The number of fused-ring (bicyclic) bond motifs is 1. The van der Waals surface area contributed by atoms with Crippen LogP contribution in [0.4, 0.5) is 0 Å². The highest BCUT2D eigenvalue weighted by Crippen LogP contribution is 2.29. The summed E-state index contributed by atoms with van der Waals surface area (Å²) in [4.78, 5) is 4.11. The van der Waals surface area contributed by atoms with Gasteiger partial charge in [0.05, 0.1) is 10.7 Å². The van der Waals surface area contributed by atoms with Gasteiger partial charge in [-0.3, -0.25) is 0 Å². The van der Waals surface area contributed by atoms with Gasteiger partial charge in [-0.15, -0.1) is 0 Å². The quantitative estimate of drug-likeness (QED) is 0.717. The molecule has 0 saturated heterocycles. The van der Waals surface area contributed by atoms with Crippen molar-refractivity contribution in [2.75, 3.05) is 0 Å². The molecule has 0 fully saturated rings. The highest BCUT2D eigenvalue weighted by molar-refractivity contribution is 6.32. The van der Waals surface area contributed by atoms with Crippen LogP contribution in [0.15, 0.2) is 42.7 Å². The van der Waals surface area contributed by atoms with Gasteiger partial charge in [-0.1, -0.05) is 23.7 Å². The van der Waals surface area contributed by atoms with E-state index >= 15 is 0 Å². The van der Waals surface area contributed by atoms with Gasteiger partial charge in [0.1, 0.15) is 12.1 Å². The minimum atomic E-state index is 0.0567. The lowest BCUT2D eigenvalue weighted by Gasteiger charge is -2.05. The SMILES string of the molecule is Oc1cc(-c2cccc3ncnn23)ccc1Cl. The molecule has 0 aliphatic rings. The molecule has 1 aromatic carbocycles. The van der Waals surface area contributed by atoms with Crippen molar-refractivity contribution in [1.29, 1.82) is 0 Å². The maximum Gasteiger partial charge on any atom is 0.155 e. The van der Waals surface area contributed by atoms with Crippen molar-refractivity contribution >= 4 is 17.2 Å². The van der Waals surface area contributed by atoms with Crippen LogP contribution in [0.2, 0.25) is 5.02 Å². The number of benzene rings is 1. The number of phenols is 1. The maximum atomic E-state index is 9.61. The average molecular weight is 246 g/mol. The summed E-state index contributed by atoms with van der Waals surface area (Å²) in [6, 6.07) is 10.8. The molecule has 0 radical (unpaired) electrons. The van der Waals surface area contributed by atoms with E-state index in [1.807, 2.05) is 24.3 Å². The minimum absolute atomic E-state index is 0.0567. The lowest BCUT2D eigenvalue weighted by atomic mass is 10.1. The van der Waals surface area contributed by atoms with E-state index in [4.69, 9.17) is 11.6 Å². The molecule has 0 aliphatic heterocycles. The first-order valence-electron chi connectivity index (χ1n) is 5.03. The fourth-order valence-electron chi connectivity index (χ4n) is 1.74. The first-order chi connectivity index (χ1) is 8.25. The Morgan fingerprint density at radius 2 is 2.06 bits per heavy atom. The molecular weight excluding hydrogens is 238 g/mol. The number of nitrogens with zero attached hydrogens (tertiary/aromatic N) is 3. The number of phenolic OH excluding ortho intramolecular Hbond substituents is 1. The summed E-state index contributed by atoms with van der Waals surface area (Å²) in [7, 11) is 0. The van der Waals surface area contributed by atoms with Gasteiger partial charge in [0.25, 0.3) is 0 Å². The molecule has 1 N–H and O–H groups in total. The number of pyridine rings is 1. The summed E-state index contributed by atoms with van der Waals surface area (Å²) in [5.74, 6) is 0.0567. The summed E-state index contributed by atoms with van der Waals surface area (Å²) in [5, 5.41) is 14.1. The minimum Gasteiger partial charge on any atom is -0.506 e. The summed E-state index contributed by atoms with van der Waals surface area (Å²) in [6.45, 7) is 0. The van der Waals surface area contributed by atoms with Crippen LogP contribution in [-0.2, 0) is 0 Å². The van der Waals surface area contributed by atoms with E-state index in [1.54, 1.807) is 16.6 Å². The van der Waals surface area contributed by atoms with Gasteiger partial charge in [0.15, 0.2) is 5.65 Å². The second-order valence-electron chi connectivity index (χ2n) is 3.61. The largest absolute Gasteiger partial charge is 0.506 e. The molecule has 0 aliphatic carbocycles. The van der Waals surface area contributed by atoms with Crippen LogP contribution in [0.5, 0.6) is 5.75 Å². The first-order valence-corrected chi connectivity index (χ1v) is 5.41. The van der Waals surface area contributed by atoms with Crippen molar-refractivity contribution in [1.82, 2.24) is 14.6 Å². The van der Waals surface area contributed by atoms with Crippen LogP contribution in [0.1, 0.15) is 0 Å². The molecule has 0 spiro atoms. The summed E-state index contributed by atoms with van der Waals surface area (Å²) >= 11 is 5.78. The Labute approximate surface area is 102 Å². The van der Waals surface area contributed by atoms with E-state index in [-0.39, 0.29) is 5.75 Å². The second-order valence-corrected chi connectivity index (χ2v) is 4.01. The zero-order chi connectivity index (χ0) is 11.8. The van der Waals surface area contributed by atoms with Gasteiger partial charge in [0.2, 0.25) is 0 Å². The summed E-state index contributed by atoms with van der Waals surface area (Å²) in [5.41, 5.74) is 2.45. The van der Waals surface area contributed by atoms with Crippen LogP contribution in [0.25, 0.3) is 16.9 Å². The van der Waals surface area contributed by atoms with Gasteiger partial charge in [0, 0.05) is 5.56 Å². The molecule has 3 aromatic rings. The predicted molar refractivity (Wildman–Crippen MR) is 65.1 cm³/mol. The van der Waals surface area contributed by atoms with Gasteiger partial charge in [-0.2, -0.15) is 5.10 Å². The van der Waals surface area contributed by atoms with Crippen molar-refractivity contribution in [2.45, 2.75) is 0 Å². The highest BCUT2D eigenvalue weighted by Gasteiger charge is 2.07. The van der Waals surface area contributed by atoms with E-state index in [2.05, 4.69) is 10.1 Å². The molecule has 0 saturated carbocycles. The number of rotatable bonds is 1. The monoisotopic (exact) mass is 245 g/mol. The lowest BCUT2D eigenvalue weighted by molar-refractivity contribution is 0.476. The molecule has 5 heteroatoms. The Kier molecular flexibility index (Phi) is 2.23. The van der Waals surface area contributed by atoms with Gasteiger partial charge in [-0.05, 0) is 24.3 Å². The predicted octanol–water partition coefficient (Wildman–Crippen LogP) is 2.76. The van der Waals surface area contributed by atoms with Crippen molar-refractivity contribution < 1.29 is 5.11 Å². The molecule has 4 nitrogen and oxygen atoms in total. The van der Waals surface area contributed by atoms with Gasteiger partial charge in [-0.25, -0.2) is 9.50 Å². The van der Waals surface area contributed by atoms with Crippen molar-refractivity contribution in [2.24, 2.45) is 0 Å². The molecule has 0 bridgehead atoms. The summed E-state index contributed by atoms with van der Waals surface area (Å²) in [6.07, 6.45) is 1.49. The lowest BCUT2D eigenvalue weighted by Crippen LogP contribution is -1.93. The Hall–Kier alpha value is -2.07. The zero-order valence-corrected chi connectivity index (χ0v) is 9.46. The Morgan fingerprint density at radius 1 is 1.18 bits per heavy atom. The highest BCUT2D eigenvalue weighted by atomic mass is 35.5. The maximum absolute atomic E-state index is 9.61. The molecule has 3 rings (SSSR count). The fraction of sp³-hybridized carbons (Fsp3) is 0. The molecule has 0 unspecified atom stereocenters. The Morgan fingerprint density at radius 3 is 2.88 bits per heavy atom. The topological polar surface area (TPSA) is 50.4 Å². The zero-order valence-electron chi connectivity index (χ0n) is 8.71. The van der Waals surface area contributed by atoms with Crippen molar-refractivity contribution in [3.8, 4) is 17.0 Å². The third-order valence-corrected chi connectivity index (χ3v) is 2.86. The van der Waals surface area contributed by atoms with E-state index in [9.17, 15) is 5.11 Å². The van der Waals surface area contributed by atoms with Gasteiger partial charge >= 0.3 is 0 Å². The molecule has 0 atom stereocenters. The summed E-state index contributed by atoms with van der Waals surface area (Å²) < 4.78 is 1.71. The normalized spacial score (nSPS) is 10.9. The van der Waals surface area contributed by atoms with Crippen LogP contribution >= 0.6 is 11.6 Å². The van der Waals surface area contributed by atoms with Crippen molar-refractivity contribution in [3.63, 3.8) is 0 Å². The number of aromatic nitrogens is 3. The number of hydrogen-bond donors (Lipinski definition) is 1. The van der Waals surface area contributed by atoms with Gasteiger partial charge < -0.3 is 5.11 Å². The number of aromatic hydroxyl groups is 1. The molecular formula is C12H8ClN3O. The third kappa shape index (κ3) is 1.62. The Balaban J connectivity index is 2.26. The molecule has 84 valence electrons. The third-order valence-electron chi connectivity index (χ3n) is 2.54. The fourth-order valence-corrected chi connectivity index (χ4v) is 1.85. The van der Waals surface area contributed by atoms with Crippen LogP contribution in [0, 0.1) is 0 Å². The van der Waals surface area contributed by atoms with Crippen LogP contribution in [-0.4, -0.2) is 19.7 Å². The second kappa shape index (κ2) is 3.75. The molecule has 2 heterocycles. The standard InChI is InChI=1S/C12H8ClN3O/c13-9-5-4-8(6-11(9)17)10-2-1-3-12-14-7-15-16(10)12/h1-7,17H. The van der Waals surface area contributed by atoms with E-state index < -0.39 is 0 Å². The molecule has 17 heavy (non-hydrogen) atoms. The first kappa shape index (κ1) is 10.1. The van der Waals surface area contributed by atoms with E-state index in [1.165, 1.54) is 6.33 Å². The van der Waals surface area contributed by atoms with Crippen LogP contribution < -0.4 is 0 Å². The van der Waals surface area contributed by atoms with E-state index in [0.717, 1.165) is 16.9 Å². The van der Waals surface area contributed by atoms with Crippen LogP contribution in [0.3, 0.4) is 0 Å². The van der Waals surface area contributed by atoms with Crippen molar-refractivity contribution in [3.05, 3.63) is 47.7 Å². The molecule has 0 amide bonds. The van der Waals surface area contributed by atoms with E-state index in [0.29, 0.717) is 5.02 Å². The number of hydrogen-bond acceptors (Lipinski definition) is 3. The Bertz CT molecular complexity index is 693. The average Bonchev–Trinajstić information content (AvgIpc) is 2.80. The number of halogens is 1. The smallest absolute Gasteiger partial charge is 0.155 e.